The molecule has 4 nitrogen and oxygen atoms in total. The first kappa shape index (κ1) is 15.5. The number of thiophene rings is 1. The van der Waals surface area contributed by atoms with Gasteiger partial charge < -0.3 is 14.7 Å². The van der Waals surface area contributed by atoms with E-state index in [-0.39, 0.29) is 12.5 Å². The van der Waals surface area contributed by atoms with Crippen molar-refractivity contribution in [1.82, 2.24) is 4.90 Å². The first-order valence-electron chi connectivity index (χ1n) is 7.05. The number of carbonyl (C=O) groups is 1. The zero-order valence-electron chi connectivity index (χ0n) is 12.4. The standard InChI is InChI=1S/C15H23NO3S/c1-10-4-5-13-11(6-10)7-14(20-13)15(18)16(2)8-12(17)9-19-3/h7,10,12,17H,4-6,8-9H2,1-3H3/t10-,12+/m0/s1. The fourth-order valence-corrected chi connectivity index (χ4v) is 3.85. The van der Waals surface area contributed by atoms with Crippen LogP contribution in [0.15, 0.2) is 6.07 Å². The van der Waals surface area contributed by atoms with Crippen molar-refractivity contribution in [1.29, 1.82) is 0 Å². The first-order chi connectivity index (χ1) is 9.51. The summed E-state index contributed by atoms with van der Waals surface area (Å²) >= 11 is 1.61. The van der Waals surface area contributed by atoms with E-state index in [1.807, 2.05) is 6.07 Å². The molecule has 20 heavy (non-hydrogen) atoms. The molecule has 1 N–H and O–H groups in total. The highest BCUT2D eigenvalue weighted by molar-refractivity contribution is 7.14. The Bertz CT molecular complexity index is 472. The molecule has 0 aromatic carbocycles. The summed E-state index contributed by atoms with van der Waals surface area (Å²) < 4.78 is 4.88. The van der Waals surface area contributed by atoms with Gasteiger partial charge in [0, 0.05) is 25.6 Å². The smallest absolute Gasteiger partial charge is 0.263 e. The van der Waals surface area contributed by atoms with Crippen LogP contribution in [-0.2, 0) is 17.6 Å². The SMILES string of the molecule is COC[C@H](O)CN(C)C(=O)c1cc2c(s1)CC[C@H](C)C2. The molecular formula is C15H23NO3S. The molecule has 0 unspecified atom stereocenters. The number of methoxy groups -OCH3 is 1. The highest BCUT2D eigenvalue weighted by Crippen LogP contribution is 2.32. The molecule has 0 saturated carbocycles. The summed E-state index contributed by atoms with van der Waals surface area (Å²) in [5.74, 6) is 0.702. The van der Waals surface area contributed by atoms with Crippen molar-refractivity contribution in [3.05, 3.63) is 21.4 Å². The van der Waals surface area contributed by atoms with Gasteiger partial charge in [-0.05, 0) is 36.8 Å². The van der Waals surface area contributed by atoms with Crippen molar-refractivity contribution in [2.75, 3.05) is 27.3 Å². The summed E-state index contributed by atoms with van der Waals surface area (Å²) in [5, 5.41) is 9.70. The van der Waals surface area contributed by atoms with Crippen molar-refractivity contribution in [3.63, 3.8) is 0 Å². The number of likely N-dealkylation sites (N-methyl/N-ethyl adjacent to an activating group) is 1. The molecule has 1 aromatic heterocycles. The zero-order chi connectivity index (χ0) is 14.7. The van der Waals surface area contributed by atoms with Crippen LogP contribution in [0, 0.1) is 5.92 Å². The number of aliphatic hydroxyl groups excluding tert-OH is 1. The van der Waals surface area contributed by atoms with Crippen molar-refractivity contribution in [2.45, 2.75) is 32.3 Å². The van der Waals surface area contributed by atoms with Crippen molar-refractivity contribution < 1.29 is 14.6 Å². The Kier molecular flexibility index (Phi) is 5.18. The first-order valence-corrected chi connectivity index (χ1v) is 7.87. The topological polar surface area (TPSA) is 49.8 Å². The van der Waals surface area contributed by atoms with Crippen LogP contribution in [0.1, 0.15) is 33.5 Å². The molecule has 112 valence electrons. The Morgan fingerprint density at radius 2 is 2.40 bits per heavy atom. The maximum atomic E-state index is 12.4. The third-order valence-electron chi connectivity index (χ3n) is 3.73. The summed E-state index contributed by atoms with van der Waals surface area (Å²) in [7, 11) is 3.27. The number of amides is 1. The van der Waals surface area contributed by atoms with Crippen LogP contribution in [0.2, 0.25) is 0 Å². The Balaban J connectivity index is 2.02. The van der Waals surface area contributed by atoms with Crippen LogP contribution < -0.4 is 0 Å². The van der Waals surface area contributed by atoms with Gasteiger partial charge in [-0.15, -0.1) is 11.3 Å². The lowest BCUT2D eigenvalue weighted by Crippen LogP contribution is -2.35. The van der Waals surface area contributed by atoms with Gasteiger partial charge in [-0.1, -0.05) is 6.92 Å². The van der Waals surface area contributed by atoms with Gasteiger partial charge in [0.2, 0.25) is 0 Å². The van der Waals surface area contributed by atoms with E-state index in [0.717, 1.165) is 17.7 Å². The van der Waals surface area contributed by atoms with Gasteiger partial charge in [0.1, 0.15) is 0 Å². The van der Waals surface area contributed by atoms with Crippen LogP contribution in [0.4, 0.5) is 0 Å². The van der Waals surface area contributed by atoms with Gasteiger partial charge in [-0.3, -0.25) is 4.79 Å². The molecule has 0 saturated heterocycles. The van der Waals surface area contributed by atoms with Gasteiger partial charge in [0.25, 0.3) is 5.91 Å². The van der Waals surface area contributed by atoms with Gasteiger partial charge >= 0.3 is 0 Å². The van der Waals surface area contributed by atoms with Crippen LogP contribution in [-0.4, -0.2) is 49.3 Å². The number of aliphatic hydroxyl groups is 1. The number of hydrogen-bond donors (Lipinski definition) is 1. The van der Waals surface area contributed by atoms with Crippen molar-refractivity contribution >= 4 is 17.2 Å². The van der Waals surface area contributed by atoms with Crippen LogP contribution in [0.25, 0.3) is 0 Å². The summed E-state index contributed by atoms with van der Waals surface area (Å²) in [6.07, 6.45) is 2.74. The largest absolute Gasteiger partial charge is 0.389 e. The third-order valence-corrected chi connectivity index (χ3v) is 4.96. The fraction of sp³-hybridized carbons (Fsp3) is 0.667. The third kappa shape index (κ3) is 3.59. The van der Waals surface area contributed by atoms with Crippen molar-refractivity contribution in [2.24, 2.45) is 5.92 Å². The number of nitrogens with zero attached hydrogens (tertiary/aromatic N) is 1. The molecule has 1 aliphatic carbocycles. The maximum absolute atomic E-state index is 12.4. The van der Waals surface area contributed by atoms with Gasteiger partial charge in [-0.25, -0.2) is 0 Å². The highest BCUT2D eigenvalue weighted by atomic mass is 32.1. The number of ether oxygens (including phenoxy) is 1. The predicted octanol–water partition coefficient (Wildman–Crippen LogP) is 1.95. The zero-order valence-corrected chi connectivity index (χ0v) is 13.2. The molecule has 0 fully saturated rings. The second kappa shape index (κ2) is 6.70. The second-order valence-electron chi connectivity index (χ2n) is 5.70. The van der Waals surface area contributed by atoms with E-state index >= 15 is 0 Å². The average molecular weight is 297 g/mol. The molecular weight excluding hydrogens is 274 g/mol. The Morgan fingerprint density at radius 1 is 1.65 bits per heavy atom. The Morgan fingerprint density at radius 3 is 3.10 bits per heavy atom. The van der Waals surface area contributed by atoms with E-state index in [4.69, 9.17) is 4.74 Å². The molecule has 2 rings (SSSR count). The molecule has 5 heteroatoms. The molecule has 0 aliphatic heterocycles. The summed E-state index contributed by atoms with van der Waals surface area (Å²) in [6, 6.07) is 2.04. The minimum Gasteiger partial charge on any atom is -0.389 e. The quantitative estimate of drug-likeness (QED) is 0.904. The lowest BCUT2D eigenvalue weighted by atomic mass is 9.90. The lowest BCUT2D eigenvalue weighted by Gasteiger charge is -2.19. The van der Waals surface area contributed by atoms with E-state index in [1.165, 1.54) is 16.9 Å². The van der Waals surface area contributed by atoms with E-state index in [1.54, 1.807) is 30.4 Å². The number of rotatable bonds is 5. The monoisotopic (exact) mass is 297 g/mol. The number of carbonyl (C=O) groups excluding carboxylic acids is 1. The summed E-state index contributed by atoms with van der Waals surface area (Å²) in [5.41, 5.74) is 1.34. The van der Waals surface area contributed by atoms with E-state index in [9.17, 15) is 9.90 Å². The summed E-state index contributed by atoms with van der Waals surface area (Å²) in [6.45, 7) is 2.80. The highest BCUT2D eigenvalue weighted by Gasteiger charge is 2.23. The number of fused-ring (bicyclic) bond motifs is 1. The molecule has 1 aliphatic rings. The minimum atomic E-state index is -0.636. The fourth-order valence-electron chi connectivity index (χ4n) is 2.64. The van der Waals surface area contributed by atoms with E-state index in [0.29, 0.717) is 12.5 Å². The molecule has 0 radical (unpaired) electrons. The summed E-state index contributed by atoms with van der Waals surface area (Å²) in [4.78, 5) is 16.1. The van der Waals surface area contributed by atoms with E-state index in [2.05, 4.69) is 6.92 Å². The second-order valence-corrected chi connectivity index (χ2v) is 6.84. The molecule has 0 bridgehead atoms. The van der Waals surface area contributed by atoms with Crippen molar-refractivity contribution in [3.8, 4) is 0 Å². The number of aryl methyl sites for hydroxylation is 1. The molecule has 2 atom stereocenters. The van der Waals surface area contributed by atoms with E-state index < -0.39 is 6.10 Å². The average Bonchev–Trinajstić information content (AvgIpc) is 2.80. The van der Waals surface area contributed by atoms with Gasteiger partial charge in [0.15, 0.2) is 0 Å². The Hall–Kier alpha value is -0.910. The van der Waals surface area contributed by atoms with Crippen LogP contribution >= 0.6 is 11.3 Å². The van der Waals surface area contributed by atoms with Gasteiger partial charge in [-0.2, -0.15) is 0 Å². The molecule has 1 aromatic rings. The molecule has 1 amide bonds. The predicted molar refractivity (Wildman–Crippen MR) is 80.4 cm³/mol. The van der Waals surface area contributed by atoms with Crippen LogP contribution in [0.3, 0.4) is 0 Å². The van der Waals surface area contributed by atoms with Gasteiger partial charge in [0.05, 0.1) is 17.6 Å². The van der Waals surface area contributed by atoms with Crippen LogP contribution in [0.5, 0.6) is 0 Å². The minimum absolute atomic E-state index is 0.00722. The number of hydrogen-bond acceptors (Lipinski definition) is 4. The maximum Gasteiger partial charge on any atom is 0.263 e. The normalized spacial score (nSPS) is 19.5. The molecule has 1 heterocycles. The molecule has 0 spiro atoms. The Labute approximate surface area is 124 Å². The lowest BCUT2D eigenvalue weighted by molar-refractivity contribution is 0.0382.